The lowest BCUT2D eigenvalue weighted by molar-refractivity contribution is -0.122. The molecule has 0 aromatic heterocycles. The van der Waals surface area contributed by atoms with Crippen LogP contribution in [0, 0.1) is 0 Å². The highest BCUT2D eigenvalue weighted by atomic mass is 16.2. The zero-order valence-corrected chi connectivity index (χ0v) is 8.25. The number of nitrogens with one attached hydrogen (secondary N) is 1. The van der Waals surface area contributed by atoms with Crippen molar-refractivity contribution in [2.45, 2.75) is 25.2 Å². The Morgan fingerprint density at radius 3 is 3.00 bits per heavy atom. The lowest BCUT2D eigenvalue weighted by Crippen LogP contribution is -2.42. The molecule has 1 aromatic rings. The van der Waals surface area contributed by atoms with Crippen LogP contribution in [0.15, 0.2) is 18.2 Å². The van der Waals surface area contributed by atoms with Gasteiger partial charge in [-0.25, -0.2) is 0 Å². The summed E-state index contributed by atoms with van der Waals surface area (Å²) in [6, 6.07) is 5.72. The summed E-state index contributed by atoms with van der Waals surface area (Å²) in [5.74, 6) is -0.461. The standard InChI is InChI=1S/C12H11NO2/c14-11-8-5-1-3-7-4-2-6-9(10(7)8)12(15)13-11/h1,3,5,9H,2,4,6H2,(H,13,14,15)/t9-/m1/s1. The number of aryl methyl sites for hydroxylation is 1. The van der Waals surface area contributed by atoms with E-state index in [0.717, 1.165) is 24.8 Å². The van der Waals surface area contributed by atoms with Gasteiger partial charge in [-0.2, -0.15) is 0 Å². The molecule has 1 atom stereocenters. The van der Waals surface area contributed by atoms with Gasteiger partial charge in [0.25, 0.3) is 5.91 Å². The highest BCUT2D eigenvalue weighted by Crippen LogP contribution is 2.36. The maximum Gasteiger partial charge on any atom is 0.258 e. The number of hydrogen-bond acceptors (Lipinski definition) is 2. The van der Waals surface area contributed by atoms with Crippen molar-refractivity contribution in [2.75, 3.05) is 0 Å². The molecule has 0 unspecified atom stereocenters. The third kappa shape index (κ3) is 1.12. The van der Waals surface area contributed by atoms with E-state index in [-0.39, 0.29) is 17.7 Å². The summed E-state index contributed by atoms with van der Waals surface area (Å²) < 4.78 is 0. The summed E-state index contributed by atoms with van der Waals surface area (Å²) in [5, 5.41) is 2.42. The minimum Gasteiger partial charge on any atom is -0.292 e. The van der Waals surface area contributed by atoms with Crippen molar-refractivity contribution >= 4 is 11.8 Å². The summed E-state index contributed by atoms with van der Waals surface area (Å²) in [6.07, 6.45) is 2.88. The summed E-state index contributed by atoms with van der Waals surface area (Å²) in [4.78, 5) is 23.3. The van der Waals surface area contributed by atoms with Crippen molar-refractivity contribution in [3.63, 3.8) is 0 Å². The normalized spacial score (nSPS) is 23.3. The minimum absolute atomic E-state index is 0.0948. The number of imide groups is 1. The fourth-order valence-corrected chi connectivity index (χ4v) is 2.61. The van der Waals surface area contributed by atoms with Gasteiger partial charge in [-0.05, 0) is 36.5 Å². The molecule has 3 rings (SSSR count). The molecule has 3 heteroatoms. The Morgan fingerprint density at radius 1 is 1.27 bits per heavy atom. The van der Waals surface area contributed by atoms with Crippen LogP contribution >= 0.6 is 0 Å². The van der Waals surface area contributed by atoms with Crippen LogP contribution in [0.4, 0.5) is 0 Å². The summed E-state index contributed by atoms with van der Waals surface area (Å²) in [6.45, 7) is 0. The molecule has 3 nitrogen and oxygen atoms in total. The zero-order chi connectivity index (χ0) is 10.4. The molecule has 0 saturated carbocycles. The fraction of sp³-hybridized carbons (Fsp3) is 0.333. The summed E-state index contributed by atoms with van der Waals surface area (Å²) in [5.41, 5.74) is 2.85. The van der Waals surface area contributed by atoms with Gasteiger partial charge >= 0.3 is 0 Å². The largest absolute Gasteiger partial charge is 0.292 e. The van der Waals surface area contributed by atoms with Gasteiger partial charge < -0.3 is 0 Å². The molecule has 0 spiro atoms. The van der Waals surface area contributed by atoms with E-state index in [2.05, 4.69) is 5.32 Å². The van der Waals surface area contributed by atoms with Crippen LogP contribution in [-0.4, -0.2) is 11.8 Å². The first-order valence-corrected chi connectivity index (χ1v) is 5.24. The lowest BCUT2D eigenvalue weighted by atomic mass is 9.77. The molecule has 76 valence electrons. The van der Waals surface area contributed by atoms with Gasteiger partial charge in [0.2, 0.25) is 5.91 Å². The van der Waals surface area contributed by atoms with E-state index in [1.165, 1.54) is 5.56 Å². The molecule has 2 aliphatic rings. The van der Waals surface area contributed by atoms with Crippen molar-refractivity contribution in [1.82, 2.24) is 5.32 Å². The van der Waals surface area contributed by atoms with Gasteiger partial charge in [0.15, 0.2) is 0 Å². The van der Waals surface area contributed by atoms with Crippen LogP contribution in [-0.2, 0) is 11.2 Å². The minimum atomic E-state index is -0.241. The van der Waals surface area contributed by atoms with Crippen molar-refractivity contribution in [2.24, 2.45) is 0 Å². The van der Waals surface area contributed by atoms with E-state index in [0.29, 0.717) is 5.56 Å². The molecule has 0 fully saturated rings. The maximum absolute atomic E-state index is 11.7. The molecule has 15 heavy (non-hydrogen) atoms. The summed E-state index contributed by atoms with van der Waals surface area (Å²) in [7, 11) is 0. The highest BCUT2D eigenvalue weighted by Gasteiger charge is 2.35. The highest BCUT2D eigenvalue weighted by molar-refractivity contribution is 6.11. The predicted octanol–water partition coefficient (Wildman–Crippen LogP) is 1.38. The van der Waals surface area contributed by atoms with Gasteiger partial charge in [0.1, 0.15) is 0 Å². The smallest absolute Gasteiger partial charge is 0.258 e. The third-order valence-electron chi connectivity index (χ3n) is 3.28. The first-order chi connectivity index (χ1) is 7.27. The second kappa shape index (κ2) is 2.92. The quantitative estimate of drug-likeness (QED) is 0.644. The zero-order valence-electron chi connectivity index (χ0n) is 8.25. The Kier molecular flexibility index (Phi) is 1.69. The first kappa shape index (κ1) is 8.65. The van der Waals surface area contributed by atoms with E-state index in [4.69, 9.17) is 0 Å². The van der Waals surface area contributed by atoms with Gasteiger partial charge in [0.05, 0.1) is 5.92 Å². The molecule has 2 amide bonds. The van der Waals surface area contributed by atoms with E-state index < -0.39 is 0 Å². The molecular weight excluding hydrogens is 190 g/mol. The van der Waals surface area contributed by atoms with Crippen LogP contribution in [0.1, 0.15) is 40.2 Å². The molecule has 0 saturated heterocycles. The van der Waals surface area contributed by atoms with Crippen LogP contribution < -0.4 is 5.32 Å². The van der Waals surface area contributed by atoms with Crippen LogP contribution in [0.2, 0.25) is 0 Å². The molecule has 1 heterocycles. The van der Waals surface area contributed by atoms with Crippen LogP contribution in [0.3, 0.4) is 0 Å². The number of rotatable bonds is 0. The van der Waals surface area contributed by atoms with Crippen LogP contribution in [0.5, 0.6) is 0 Å². The molecule has 1 aliphatic heterocycles. The maximum atomic E-state index is 11.7. The topological polar surface area (TPSA) is 46.2 Å². The Balaban J connectivity index is 2.28. The Labute approximate surface area is 87.5 Å². The molecule has 0 bridgehead atoms. The van der Waals surface area contributed by atoms with Gasteiger partial charge in [-0.15, -0.1) is 0 Å². The van der Waals surface area contributed by atoms with Crippen molar-refractivity contribution in [3.05, 3.63) is 34.9 Å². The van der Waals surface area contributed by atoms with Crippen molar-refractivity contribution < 1.29 is 9.59 Å². The Morgan fingerprint density at radius 2 is 2.13 bits per heavy atom. The SMILES string of the molecule is O=C1NC(=O)[C@@H]2CCCc3cccc1c32. The van der Waals surface area contributed by atoms with E-state index in [1.54, 1.807) is 6.07 Å². The first-order valence-electron chi connectivity index (χ1n) is 5.24. The van der Waals surface area contributed by atoms with Gasteiger partial charge in [0, 0.05) is 5.56 Å². The molecule has 0 radical (unpaired) electrons. The third-order valence-corrected chi connectivity index (χ3v) is 3.28. The van der Waals surface area contributed by atoms with Crippen LogP contribution in [0.25, 0.3) is 0 Å². The average Bonchev–Trinajstić information content (AvgIpc) is 2.25. The van der Waals surface area contributed by atoms with E-state index in [9.17, 15) is 9.59 Å². The fourth-order valence-electron chi connectivity index (χ4n) is 2.61. The number of hydrogen-bond donors (Lipinski definition) is 1. The second-order valence-corrected chi connectivity index (χ2v) is 4.14. The molecule has 1 aliphatic carbocycles. The lowest BCUT2D eigenvalue weighted by Gasteiger charge is -2.30. The Hall–Kier alpha value is -1.64. The number of carbonyl (C=O) groups excluding carboxylic acids is 2. The van der Waals surface area contributed by atoms with Gasteiger partial charge in [-0.3, -0.25) is 14.9 Å². The molecule has 1 aromatic carbocycles. The van der Waals surface area contributed by atoms with E-state index >= 15 is 0 Å². The number of carbonyl (C=O) groups is 2. The molecular formula is C12H11NO2. The monoisotopic (exact) mass is 201 g/mol. The van der Waals surface area contributed by atoms with Crippen molar-refractivity contribution in [1.29, 1.82) is 0 Å². The van der Waals surface area contributed by atoms with Gasteiger partial charge in [-0.1, -0.05) is 12.1 Å². The molecule has 1 N–H and O–H groups in total. The number of benzene rings is 1. The average molecular weight is 201 g/mol. The Bertz CT molecular complexity index is 465. The van der Waals surface area contributed by atoms with E-state index in [1.807, 2.05) is 12.1 Å². The predicted molar refractivity (Wildman–Crippen MR) is 54.6 cm³/mol. The second-order valence-electron chi connectivity index (χ2n) is 4.14. The summed E-state index contributed by atoms with van der Waals surface area (Å²) >= 11 is 0. The number of amides is 2. The van der Waals surface area contributed by atoms with Crippen molar-refractivity contribution in [3.8, 4) is 0 Å².